The molecule has 0 spiro atoms. The third-order valence-electron chi connectivity index (χ3n) is 12.4. The normalized spacial score (nSPS) is 16.5. The Morgan fingerprint density at radius 2 is 0.697 bits per heavy atom. The molecule has 0 saturated heterocycles. The predicted octanol–water partition coefficient (Wildman–Crippen LogP) is 10.6. The number of ether oxygens (including phenoxy) is 7. The number of phenols is 1. The van der Waals surface area contributed by atoms with Gasteiger partial charge in [0.1, 0.15) is 36.2 Å². The summed E-state index contributed by atoms with van der Waals surface area (Å²) in [5.74, 6) is 1.15. The number of carboxylic acids is 1. The number of rotatable bonds is 3. The van der Waals surface area contributed by atoms with Crippen LogP contribution in [0.15, 0.2) is 48.5 Å². The third kappa shape index (κ3) is 13.3. The summed E-state index contributed by atoms with van der Waals surface area (Å²) in [6.45, 7) is 29.9. The first-order chi connectivity index (χ1) is 31.0. The molecule has 2 aliphatic rings. The molecular formula is C56H76O10. The van der Waals surface area contributed by atoms with Crippen LogP contribution in [-0.2, 0) is 71.1 Å². The lowest BCUT2D eigenvalue weighted by molar-refractivity contribution is -0.139. The summed E-state index contributed by atoms with van der Waals surface area (Å²) in [6.07, 6.45) is 1.58. The lowest BCUT2D eigenvalue weighted by Gasteiger charge is -2.29. The first-order valence-electron chi connectivity index (χ1n) is 23.7. The van der Waals surface area contributed by atoms with Crippen LogP contribution in [0.25, 0.3) is 0 Å². The summed E-state index contributed by atoms with van der Waals surface area (Å²) in [6, 6.07) is 17.5. The van der Waals surface area contributed by atoms with E-state index in [1.54, 1.807) is 0 Å². The number of hydrogen-bond acceptors (Lipinski definition) is 9. The van der Waals surface area contributed by atoms with Gasteiger partial charge in [0.2, 0.25) is 0 Å². The van der Waals surface area contributed by atoms with Gasteiger partial charge in [-0.2, -0.15) is 0 Å². The van der Waals surface area contributed by atoms with Crippen LogP contribution >= 0.6 is 0 Å². The van der Waals surface area contributed by atoms with Crippen molar-refractivity contribution in [2.75, 3.05) is 72.7 Å². The van der Waals surface area contributed by atoms with E-state index in [0.29, 0.717) is 97.5 Å². The molecule has 4 aromatic rings. The van der Waals surface area contributed by atoms with Crippen molar-refractivity contribution in [3.8, 4) is 23.0 Å². The molecule has 360 valence electrons. The number of fused-ring (bicyclic) bond motifs is 4. The van der Waals surface area contributed by atoms with Crippen molar-refractivity contribution in [3.05, 3.63) is 115 Å². The molecule has 6 rings (SSSR count). The summed E-state index contributed by atoms with van der Waals surface area (Å²) in [4.78, 5) is 12.3. The molecule has 1 aliphatic heterocycles. The van der Waals surface area contributed by atoms with Crippen LogP contribution in [0.5, 0.6) is 23.0 Å². The van der Waals surface area contributed by atoms with Crippen LogP contribution in [0.3, 0.4) is 0 Å². The van der Waals surface area contributed by atoms with Crippen molar-refractivity contribution < 1.29 is 48.2 Å². The SMILES string of the molecule is CC(C)(C)c1cc2c(O)c(c1)Cc1cc(C(C)(C)C)cc(c1OCC(=O)O)Cc1cc(C(C)(C)C)cc3c1OCCOCCOCCOCCOCCOc1c(cc(C(C)(C)C)cc1C3)C2. The van der Waals surface area contributed by atoms with E-state index in [9.17, 15) is 15.0 Å². The van der Waals surface area contributed by atoms with Crippen molar-refractivity contribution in [2.45, 2.75) is 130 Å². The van der Waals surface area contributed by atoms with Crippen molar-refractivity contribution in [1.82, 2.24) is 0 Å². The zero-order valence-electron chi connectivity index (χ0n) is 41.9. The summed E-state index contributed by atoms with van der Waals surface area (Å²) >= 11 is 0. The molecule has 10 bridgehead atoms. The number of aliphatic carboxylic acids is 1. The van der Waals surface area contributed by atoms with Gasteiger partial charge in [-0.05, 0) is 88.4 Å². The van der Waals surface area contributed by atoms with Crippen LogP contribution in [0.4, 0.5) is 0 Å². The number of aromatic hydroxyl groups is 1. The molecule has 0 aromatic heterocycles. The highest BCUT2D eigenvalue weighted by Crippen LogP contribution is 2.44. The Bertz CT molecular complexity index is 2320. The van der Waals surface area contributed by atoms with Crippen molar-refractivity contribution in [2.24, 2.45) is 0 Å². The molecular weight excluding hydrogens is 833 g/mol. The second-order valence-corrected chi connectivity index (χ2v) is 22.0. The summed E-state index contributed by atoms with van der Waals surface area (Å²) in [5.41, 5.74) is 10.6. The van der Waals surface area contributed by atoms with E-state index < -0.39 is 12.6 Å². The molecule has 10 nitrogen and oxygen atoms in total. The van der Waals surface area contributed by atoms with Gasteiger partial charge in [0.25, 0.3) is 0 Å². The molecule has 0 amide bonds. The van der Waals surface area contributed by atoms with E-state index in [0.717, 1.165) is 78.3 Å². The van der Waals surface area contributed by atoms with Crippen LogP contribution in [0, 0.1) is 0 Å². The second-order valence-electron chi connectivity index (χ2n) is 22.0. The minimum Gasteiger partial charge on any atom is -0.507 e. The van der Waals surface area contributed by atoms with Gasteiger partial charge in [0.15, 0.2) is 6.61 Å². The van der Waals surface area contributed by atoms with Gasteiger partial charge in [-0.1, -0.05) is 132 Å². The zero-order chi connectivity index (χ0) is 48.0. The summed E-state index contributed by atoms with van der Waals surface area (Å²) in [5, 5.41) is 22.6. The quantitative estimate of drug-likeness (QED) is 0.181. The fourth-order valence-corrected chi connectivity index (χ4v) is 8.49. The van der Waals surface area contributed by atoms with Crippen molar-refractivity contribution in [1.29, 1.82) is 0 Å². The lowest BCUT2D eigenvalue weighted by atomic mass is 9.79. The minimum atomic E-state index is -1.07. The molecule has 0 fully saturated rings. The minimum absolute atomic E-state index is 0.200. The Balaban J connectivity index is 1.71. The van der Waals surface area contributed by atoms with Crippen LogP contribution in [0.2, 0.25) is 0 Å². The summed E-state index contributed by atoms with van der Waals surface area (Å²) in [7, 11) is 0. The Morgan fingerprint density at radius 1 is 0.439 bits per heavy atom. The molecule has 10 heteroatoms. The van der Waals surface area contributed by atoms with Gasteiger partial charge in [-0.3, -0.25) is 0 Å². The van der Waals surface area contributed by atoms with E-state index >= 15 is 0 Å². The van der Waals surface area contributed by atoms with E-state index in [-0.39, 0.29) is 27.4 Å². The Hall–Kier alpha value is -4.61. The molecule has 1 aliphatic carbocycles. The van der Waals surface area contributed by atoms with Gasteiger partial charge in [-0.15, -0.1) is 0 Å². The average molecular weight is 909 g/mol. The lowest BCUT2D eigenvalue weighted by Crippen LogP contribution is -2.19. The van der Waals surface area contributed by atoms with Gasteiger partial charge in [-0.25, -0.2) is 4.79 Å². The molecule has 0 atom stereocenters. The van der Waals surface area contributed by atoms with E-state index in [1.807, 2.05) is 0 Å². The number of phenolic OH excluding ortho intramolecular Hbond substituents is 1. The summed E-state index contributed by atoms with van der Waals surface area (Å²) < 4.78 is 43.8. The van der Waals surface area contributed by atoms with Gasteiger partial charge < -0.3 is 43.4 Å². The second kappa shape index (κ2) is 21.1. The molecule has 0 unspecified atom stereocenters. The highest BCUT2D eigenvalue weighted by molar-refractivity contribution is 5.69. The maximum atomic E-state index is 12.5. The molecule has 66 heavy (non-hydrogen) atoms. The molecule has 0 saturated carbocycles. The van der Waals surface area contributed by atoms with Crippen molar-refractivity contribution >= 4 is 5.97 Å². The van der Waals surface area contributed by atoms with Crippen LogP contribution in [-0.4, -0.2) is 88.9 Å². The Kier molecular flexibility index (Phi) is 16.3. The first-order valence-corrected chi connectivity index (χ1v) is 23.7. The van der Waals surface area contributed by atoms with Gasteiger partial charge >= 0.3 is 5.97 Å². The van der Waals surface area contributed by atoms with Gasteiger partial charge in [0, 0.05) is 25.7 Å². The highest BCUT2D eigenvalue weighted by Gasteiger charge is 2.29. The third-order valence-corrected chi connectivity index (χ3v) is 12.4. The standard InChI is InChI=1S/C56H76O10/c1-53(2,3)44-27-36-23-38-29-45(54(4,5)6)31-40-25-41-32-47(56(10,11)12)33-42(51(41)65-22-20-63-18-16-61-14-13-60-15-17-62-19-21-64-50(38)40)26-43-34-46(55(7,8)9)30-39(24-37(28-44)49(36)59)52(43)66-35-48(57)58/h27-34,59H,13-26,35H2,1-12H3,(H,57,58). The van der Waals surface area contributed by atoms with Crippen molar-refractivity contribution in [3.63, 3.8) is 0 Å². The maximum Gasteiger partial charge on any atom is 0.341 e. The number of benzene rings is 4. The van der Waals surface area contributed by atoms with Crippen LogP contribution < -0.4 is 14.2 Å². The zero-order valence-corrected chi connectivity index (χ0v) is 41.9. The van der Waals surface area contributed by atoms with Crippen LogP contribution in [0.1, 0.15) is 150 Å². The number of hydrogen-bond donors (Lipinski definition) is 2. The monoisotopic (exact) mass is 909 g/mol. The average Bonchev–Trinajstić information content (AvgIpc) is 3.20. The largest absolute Gasteiger partial charge is 0.507 e. The Labute approximate surface area is 394 Å². The smallest absolute Gasteiger partial charge is 0.341 e. The van der Waals surface area contributed by atoms with E-state index in [2.05, 4.69) is 132 Å². The first kappa shape index (κ1) is 50.8. The predicted molar refractivity (Wildman–Crippen MR) is 261 cm³/mol. The molecule has 0 radical (unpaired) electrons. The molecule has 4 aromatic carbocycles. The Morgan fingerprint density at radius 3 is 1.02 bits per heavy atom. The number of carbonyl (C=O) groups is 1. The topological polar surface area (TPSA) is 122 Å². The number of carboxylic acid groups (broad SMARTS) is 1. The maximum absolute atomic E-state index is 12.5. The van der Waals surface area contributed by atoms with Gasteiger partial charge in [0.05, 0.1) is 52.9 Å². The van der Waals surface area contributed by atoms with E-state index in [4.69, 9.17) is 33.2 Å². The molecule has 1 heterocycles. The highest BCUT2D eigenvalue weighted by atomic mass is 16.6. The fourth-order valence-electron chi connectivity index (χ4n) is 8.49. The van der Waals surface area contributed by atoms with E-state index in [1.165, 1.54) is 0 Å². The fraction of sp³-hybridized carbons (Fsp3) is 0.554. The molecule has 2 N–H and O–H groups in total.